The number of carbonyl (C=O) groups excluding carboxylic acids is 3. The number of benzene rings is 1. The number of likely N-dealkylation sites (N-methyl/N-ethyl adjacent to an activating group) is 1. The van der Waals surface area contributed by atoms with Gasteiger partial charge in [0.15, 0.2) is 0 Å². The van der Waals surface area contributed by atoms with Gasteiger partial charge in [0.05, 0.1) is 5.56 Å². The molecule has 3 rings (SSSR count). The summed E-state index contributed by atoms with van der Waals surface area (Å²) in [5.41, 5.74) is -2.35. The zero-order chi connectivity index (χ0) is 26.3. The number of carbonyl (C=O) groups is 3. The molecule has 1 heterocycles. The van der Waals surface area contributed by atoms with E-state index >= 15 is 0 Å². The Hall–Kier alpha value is -2.69. The highest BCUT2D eigenvalue weighted by Crippen LogP contribution is 2.31. The Morgan fingerprint density at radius 1 is 1.14 bits per heavy atom. The summed E-state index contributed by atoms with van der Waals surface area (Å²) < 4.78 is 52.2. The van der Waals surface area contributed by atoms with Gasteiger partial charge in [-0.15, -0.1) is 0 Å². The number of nitrogens with zero attached hydrogens (tertiary/aromatic N) is 2. The molecule has 1 saturated carbocycles. The van der Waals surface area contributed by atoms with Gasteiger partial charge in [-0.2, -0.15) is 13.2 Å². The fourth-order valence-electron chi connectivity index (χ4n) is 5.08. The summed E-state index contributed by atoms with van der Waals surface area (Å²) in [7, 11) is 1.75. The van der Waals surface area contributed by atoms with Crippen molar-refractivity contribution in [1.29, 1.82) is 0 Å². The maximum atomic E-state index is 13.6. The van der Waals surface area contributed by atoms with E-state index in [4.69, 9.17) is 0 Å². The van der Waals surface area contributed by atoms with Crippen LogP contribution in [0.2, 0.25) is 0 Å². The van der Waals surface area contributed by atoms with Crippen molar-refractivity contribution in [3.63, 3.8) is 0 Å². The molecule has 2 N–H and O–H groups in total. The van der Waals surface area contributed by atoms with Crippen LogP contribution < -0.4 is 10.6 Å². The highest BCUT2D eigenvalue weighted by molar-refractivity contribution is 5.94. The minimum absolute atomic E-state index is 0.0575. The van der Waals surface area contributed by atoms with E-state index in [2.05, 4.69) is 15.5 Å². The predicted octanol–water partition coefficient (Wildman–Crippen LogP) is 3.19. The van der Waals surface area contributed by atoms with Crippen LogP contribution in [0.3, 0.4) is 0 Å². The Bertz CT molecular complexity index is 926. The summed E-state index contributed by atoms with van der Waals surface area (Å²) in [5.74, 6) is -1.74. The summed E-state index contributed by atoms with van der Waals surface area (Å²) in [6.45, 7) is 3.03. The second-order valence-electron chi connectivity index (χ2n) is 9.85. The van der Waals surface area contributed by atoms with Crippen LogP contribution >= 0.6 is 0 Å². The zero-order valence-corrected chi connectivity index (χ0v) is 20.5. The fourth-order valence-corrected chi connectivity index (χ4v) is 5.08. The largest absolute Gasteiger partial charge is 0.416 e. The van der Waals surface area contributed by atoms with Gasteiger partial charge >= 0.3 is 6.18 Å². The Morgan fingerprint density at radius 2 is 1.81 bits per heavy atom. The third-order valence-electron chi connectivity index (χ3n) is 7.30. The molecule has 2 aliphatic rings. The Balaban J connectivity index is 1.42. The molecule has 0 bridgehead atoms. The third-order valence-corrected chi connectivity index (χ3v) is 7.30. The lowest BCUT2D eigenvalue weighted by atomic mass is 9.80. The molecule has 11 heteroatoms. The van der Waals surface area contributed by atoms with Gasteiger partial charge in [0.25, 0.3) is 5.91 Å². The first-order chi connectivity index (χ1) is 17.0. The normalized spacial score (nSPS) is 18.9. The highest BCUT2D eigenvalue weighted by atomic mass is 19.4. The Morgan fingerprint density at radius 3 is 2.42 bits per heavy atom. The third kappa shape index (κ3) is 7.18. The van der Waals surface area contributed by atoms with Gasteiger partial charge in [-0.05, 0) is 62.9 Å². The number of hydrogen-bond acceptors (Lipinski definition) is 4. The van der Waals surface area contributed by atoms with Gasteiger partial charge < -0.3 is 20.4 Å². The maximum Gasteiger partial charge on any atom is 0.416 e. The highest BCUT2D eigenvalue weighted by Gasteiger charge is 2.41. The quantitative estimate of drug-likeness (QED) is 0.392. The molecule has 3 amide bonds. The number of hydrogen-bond donors (Lipinski definition) is 2. The van der Waals surface area contributed by atoms with E-state index in [1.807, 2.05) is 0 Å². The first kappa shape index (κ1) is 27.9. The zero-order valence-electron chi connectivity index (χ0n) is 20.5. The van der Waals surface area contributed by atoms with Gasteiger partial charge in [-0.1, -0.05) is 19.3 Å². The van der Waals surface area contributed by atoms with Gasteiger partial charge in [-0.25, -0.2) is 4.39 Å². The molecule has 200 valence electrons. The summed E-state index contributed by atoms with van der Waals surface area (Å²) in [5, 5.41) is 5.40. The minimum Gasteiger partial charge on any atom is -0.352 e. The van der Waals surface area contributed by atoms with Crippen molar-refractivity contribution in [2.24, 2.45) is 5.92 Å². The first-order valence-corrected chi connectivity index (χ1v) is 12.4. The number of alkyl halides is 3. The Labute approximate surface area is 208 Å². The van der Waals surface area contributed by atoms with Crippen LogP contribution in [0.25, 0.3) is 0 Å². The number of rotatable bonds is 9. The summed E-state index contributed by atoms with van der Waals surface area (Å²) in [6, 6.07) is 1.82. The molecule has 2 fully saturated rings. The molecular weight excluding hydrogens is 480 g/mol. The van der Waals surface area contributed by atoms with E-state index in [0.717, 1.165) is 51.3 Å². The number of amides is 3. The maximum absolute atomic E-state index is 13.6. The monoisotopic (exact) mass is 514 g/mol. The lowest BCUT2D eigenvalue weighted by Crippen LogP contribution is -2.58. The van der Waals surface area contributed by atoms with E-state index in [9.17, 15) is 31.9 Å². The molecule has 1 saturated heterocycles. The van der Waals surface area contributed by atoms with Crippen molar-refractivity contribution >= 4 is 18.2 Å². The molecule has 0 radical (unpaired) electrons. The summed E-state index contributed by atoms with van der Waals surface area (Å²) in [6.07, 6.45) is 1.63. The first-order valence-electron chi connectivity index (χ1n) is 12.4. The van der Waals surface area contributed by atoms with Crippen molar-refractivity contribution in [2.75, 3.05) is 39.8 Å². The van der Waals surface area contributed by atoms with Crippen LogP contribution in [0.4, 0.5) is 17.6 Å². The molecule has 0 spiro atoms. The average molecular weight is 515 g/mol. The molecule has 1 aromatic rings. The van der Waals surface area contributed by atoms with Crippen molar-refractivity contribution in [3.8, 4) is 0 Å². The molecule has 1 aromatic carbocycles. The molecule has 1 aliphatic heterocycles. The van der Waals surface area contributed by atoms with Crippen LogP contribution in [0.15, 0.2) is 18.2 Å². The molecular formula is C25H34F4N4O3. The van der Waals surface area contributed by atoms with Crippen molar-refractivity contribution in [3.05, 3.63) is 35.1 Å². The van der Waals surface area contributed by atoms with E-state index in [1.54, 1.807) is 11.9 Å². The number of piperidine rings is 1. The molecule has 0 atom stereocenters. The molecule has 1 aliphatic carbocycles. The topological polar surface area (TPSA) is 81.8 Å². The van der Waals surface area contributed by atoms with E-state index in [0.29, 0.717) is 51.0 Å². The van der Waals surface area contributed by atoms with Gasteiger partial charge in [0.1, 0.15) is 11.4 Å². The smallest absolute Gasteiger partial charge is 0.352 e. The lowest BCUT2D eigenvalue weighted by Gasteiger charge is -2.39. The summed E-state index contributed by atoms with van der Waals surface area (Å²) in [4.78, 5) is 40.4. The molecule has 7 nitrogen and oxygen atoms in total. The number of halogens is 4. The van der Waals surface area contributed by atoms with Crippen molar-refractivity contribution < 1.29 is 31.9 Å². The average Bonchev–Trinajstić information content (AvgIpc) is 2.85. The van der Waals surface area contributed by atoms with Crippen LogP contribution in [0, 0.1) is 11.7 Å². The van der Waals surface area contributed by atoms with Crippen LogP contribution in [0.1, 0.15) is 60.9 Å². The van der Waals surface area contributed by atoms with Crippen molar-refractivity contribution in [2.45, 2.75) is 56.7 Å². The van der Waals surface area contributed by atoms with Gasteiger partial charge in [0, 0.05) is 32.2 Å². The Kier molecular flexibility index (Phi) is 9.32. The van der Waals surface area contributed by atoms with Crippen LogP contribution in [-0.2, 0) is 15.8 Å². The lowest BCUT2D eigenvalue weighted by molar-refractivity contribution is -0.140. The van der Waals surface area contributed by atoms with Gasteiger partial charge in [0.2, 0.25) is 12.3 Å². The van der Waals surface area contributed by atoms with E-state index in [-0.39, 0.29) is 17.4 Å². The summed E-state index contributed by atoms with van der Waals surface area (Å²) >= 11 is 0. The molecule has 0 unspecified atom stereocenters. The van der Waals surface area contributed by atoms with E-state index in [1.165, 1.54) is 0 Å². The second-order valence-corrected chi connectivity index (χ2v) is 9.85. The van der Waals surface area contributed by atoms with Crippen LogP contribution in [-0.4, -0.2) is 73.3 Å². The second kappa shape index (κ2) is 12.0. The van der Waals surface area contributed by atoms with Gasteiger partial charge in [-0.3, -0.25) is 14.4 Å². The van der Waals surface area contributed by atoms with E-state index < -0.39 is 29.0 Å². The number of likely N-dealkylation sites (tertiary alicyclic amines) is 1. The fraction of sp³-hybridized carbons (Fsp3) is 0.640. The number of nitrogens with one attached hydrogen (secondary N) is 2. The standard InChI is InChI=1S/C25H34F4N4O3/c1-32(23(36)24(31-17-34)7-3-2-4-8-24)11-12-33-9-5-18(6-10-33)16-30-22(35)19-13-20(25(27,28)29)15-21(26)14-19/h13-15,17-18H,2-12,16H2,1H3,(H,30,35)(H,31,34). The minimum atomic E-state index is -4.73. The SMILES string of the molecule is CN(CCN1CCC(CNC(=O)c2cc(F)cc(C(F)(F)F)c2)CC1)C(=O)C1(NC=O)CCCCC1. The van der Waals surface area contributed by atoms with Crippen molar-refractivity contribution in [1.82, 2.24) is 20.4 Å². The molecule has 36 heavy (non-hydrogen) atoms. The predicted molar refractivity (Wildman–Crippen MR) is 126 cm³/mol. The molecule has 0 aromatic heterocycles. The van der Waals surface area contributed by atoms with Crippen LogP contribution in [0.5, 0.6) is 0 Å².